The Balaban J connectivity index is 1.55. The molecule has 0 radical (unpaired) electrons. The molecule has 1 aliphatic rings. The number of nitrogens with two attached hydrogens (primary N) is 1. The minimum absolute atomic E-state index is 0.0544. The lowest BCUT2D eigenvalue weighted by Gasteiger charge is -2.16. The molecule has 1 unspecified atom stereocenters. The summed E-state index contributed by atoms with van der Waals surface area (Å²) in [6.07, 6.45) is 8.13. The zero-order valence-electron chi connectivity index (χ0n) is 15.3. The average Bonchev–Trinajstić information content (AvgIpc) is 3.21. The van der Waals surface area contributed by atoms with Gasteiger partial charge in [0.15, 0.2) is 0 Å². The van der Waals surface area contributed by atoms with E-state index in [1.807, 2.05) is 24.4 Å². The van der Waals surface area contributed by atoms with Gasteiger partial charge in [0.25, 0.3) is 5.91 Å². The largest absolute Gasteiger partial charge is 0.347 e. The Labute approximate surface area is 162 Å². The van der Waals surface area contributed by atoms with Crippen LogP contribution >= 0.6 is 11.3 Å². The quantitative estimate of drug-likeness (QED) is 0.711. The Morgan fingerprint density at radius 1 is 1.41 bits per heavy atom. The molecule has 0 saturated carbocycles. The van der Waals surface area contributed by atoms with Crippen LogP contribution in [0.1, 0.15) is 32.1 Å². The monoisotopic (exact) mass is 381 g/mol. The van der Waals surface area contributed by atoms with Crippen LogP contribution in [-0.2, 0) is 19.4 Å². The SMILES string of the molecule is Cc1cnn2c1-c1cc(C(=O)NC(CN)Cc3ccncc3)sc1CCC2. The zero-order chi connectivity index (χ0) is 18.8. The predicted molar refractivity (Wildman–Crippen MR) is 107 cm³/mol. The standard InChI is InChI=1S/C20H23N5OS/c1-13-12-23-25-8-2-3-17-16(19(13)25)10-18(27-17)20(26)24-15(11-21)9-14-4-6-22-7-5-14/h4-7,10,12,15H,2-3,8-9,11,21H2,1H3,(H,24,26). The number of aromatic nitrogens is 3. The van der Waals surface area contributed by atoms with Crippen molar-refractivity contribution in [3.8, 4) is 11.3 Å². The molecule has 27 heavy (non-hydrogen) atoms. The van der Waals surface area contributed by atoms with Crippen molar-refractivity contribution in [1.29, 1.82) is 0 Å². The molecule has 0 saturated heterocycles. The molecule has 3 aromatic heterocycles. The summed E-state index contributed by atoms with van der Waals surface area (Å²) in [5, 5.41) is 7.57. The van der Waals surface area contributed by atoms with Crippen LogP contribution in [0.5, 0.6) is 0 Å². The van der Waals surface area contributed by atoms with Gasteiger partial charge in [0.05, 0.1) is 16.8 Å². The molecule has 1 amide bonds. The van der Waals surface area contributed by atoms with E-state index in [9.17, 15) is 4.79 Å². The lowest BCUT2D eigenvalue weighted by Crippen LogP contribution is -2.41. The number of hydrogen-bond donors (Lipinski definition) is 2. The molecular weight excluding hydrogens is 358 g/mol. The third-order valence-corrected chi connectivity index (χ3v) is 6.13. The van der Waals surface area contributed by atoms with Crippen molar-refractivity contribution in [2.75, 3.05) is 6.54 Å². The zero-order valence-corrected chi connectivity index (χ0v) is 16.1. The van der Waals surface area contributed by atoms with Crippen LogP contribution in [0.3, 0.4) is 0 Å². The number of fused-ring (bicyclic) bond motifs is 3. The normalized spacial score (nSPS) is 14.1. The minimum atomic E-state index is -0.103. The second-order valence-corrected chi connectivity index (χ2v) is 8.05. The molecule has 4 heterocycles. The first-order valence-corrected chi connectivity index (χ1v) is 10.0. The van der Waals surface area contributed by atoms with Gasteiger partial charge in [0.2, 0.25) is 0 Å². The fraction of sp³-hybridized carbons (Fsp3) is 0.350. The van der Waals surface area contributed by atoms with Gasteiger partial charge >= 0.3 is 0 Å². The van der Waals surface area contributed by atoms with Gasteiger partial charge in [-0.25, -0.2) is 0 Å². The Morgan fingerprint density at radius 2 is 2.22 bits per heavy atom. The highest BCUT2D eigenvalue weighted by molar-refractivity contribution is 7.14. The number of thiophene rings is 1. The number of carbonyl (C=O) groups excluding carboxylic acids is 1. The molecule has 1 aliphatic heterocycles. The summed E-state index contributed by atoms with van der Waals surface area (Å²) in [7, 11) is 0. The van der Waals surface area contributed by atoms with E-state index in [0.29, 0.717) is 13.0 Å². The number of nitrogens with zero attached hydrogens (tertiary/aromatic N) is 3. The van der Waals surface area contributed by atoms with E-state index in [2.05, 4.69) is 27.0 Å². The van der Waals surface area contributed by atoms with Crippen molar-refractivity contribution in [2.45, 2.75) is 38.8 Å². The molecular formula is C20H23N5OS. The van der Waals surface area contributed by atoms with E-state index in [4.69, 9.17) is 5.73 Å². The van der Waals surface area contributed by atoms with E-state index in [0.717, 1.165) is 46.6 Å². The number of pyridine rings is 1. The maximum absolute atomic E-state index is 12.9. The van der Waals surface area contributed by atoms with Gasteiger partial charge in [-0.2, -0.15) is 5.10 Å². The topological polar surface area (TPSA) is 85.8 Å². The molecule has 140 valence electrons. The summed E-state index contributed by atoms with van der Waals surface area (Å²) in [4.78, 5) is 18.9. The number of hydrogen-bond acceptors (Lipinski definition) is 5. The summed E-state index contributed by atoms with van der Waals surface area (Å²) >= 11 is 1.59. The summed E-state index contributed by atoms with van der Waals surface area (Å²) in [6, 6.07) is 5.81. The molecule has 4 rings (SSSR count). The van der Waals surface area contributed by atoms with Gasteiger partial charge < -0.3 is 11.1 Å². The lowest BCUT2D eigenvalue weighted by molar-refractivity contribution is 0.0942. The third kappa shape index (κ3) is 3.65. The summed E-state index contributed by atoms with van der Waals surface area (Å²) in [5.41, 5.74) is 10.5. The smallest absolute Gasteiger partial charge is 0.261 e. The fourth-order valence-corrected chi connectivity index (χ4v) is 4.67. The number of nitrogens with one attached hydrogen (secondary N) is 1. The summed E-state index contributed by atoms with van der Waals surface area (Å²) in [6.45, 7) is 3.39. The minimum Gasteiger partial charge on any atom is -0.347 e. The highest BCUT2D eigenvalue weighted by Crippen LogP contribution is 2.36. The van der Waals surface area contributed by atoms with Crippen molar-refractivity contribution in [2.24, 2.45) is 5.73 Å². The van der Waals surface area contributed by atoms with Crippen LogP contribution in [0.25, 0.3) is 11.3 Å². The Hall–Kier alpha value is -2.51. The first-order valence-electron chi connectivity index (χ1n) is 9.21. The first kappa shape index (κ1) is 17.9. The number of aryl methyl sites for hydroxylation is 3. The van der Waals surface area contributed by atoms with Crippen LogP contribution in [0, 0.1) is 6.92 Å². The number of rotatable bonds is 5. The van der Waals surface area contributed by atoms with Crippen LogP contribution in [-0.4, -0.2) is 33.3 Å². The average molecular weight is 382 g/mol. The van der Waals surface area contributed by atoms with Crippen molar-refractivity contribution in [1.82, 2.24) is 20.1 Å². The molecule has 0 aromatic carbocycles. The van der Waals surface area contributed by atoms with Crippen molar-refractivity contribution in [3.05, 3.63) is 57.7 Å². The number of carbonyl (C=O) groups is 1. The van der Waals surface area contributed by atoms with Crippen molar-refractivity contribution in [3.63, 3.8) is 0 Å². The molecule has 3 aromatic rings. The van der Waals surface area contributed by atoms with Gasteiger partial charge in [0.1, 0.15) is 0 Å². The molecule has 1 atom stereocenters. The third-order valence-electron chi connectivity index (χ3n) is 4.94. The van der Waals surface area contributed by atoms with Crippen LogP contribution < -0.4 is 11.1 Å². The Morgan fingerprint density at radius 3 is 3.00 bits per heavy atom. The van der Waals surface area contributed by atoms with Gasteiger partial charge in [-0.15, -0.1) is 11.3 Å². The summed E-state index contributed by atoms with van der Waals surface area (Å²) < 4.78 is 2.06. The van der Waals surface area contributed by atoms with Gasteiger partial charge in [-0.3, -0.25) is 14.5 Å². The molecule has 0 bridgehead atoms. The highest BCUT2D eigenvalue weighted by atomic mass is 32.1. The molecule has 6 nitrogen and oxygen atoms in total. The molecule has 7 heteroatoms. The maximum Gasteiger partial charge on any atom is 0.261 e. The van der Waals surface area contributed by atoms with Gasteiger partial charge in [-0.1, -0.05) is 0 Å². The number of amides is 1. The molecule has 3 N–H and O–H groups in total. The van der Waals surface area contributed by atoms with Crippen molar-refractivity contribution >= 4 is 17.2 Å². The predicted octanol–water partition coefficient (Wildman–Crippen LogP) is 2.56. The van der Waals surface area contributed by atoms with E-state index < -0.39 is 0 Å². The summed E-state index contributed by atoms with van der Waals surface area (Å²) in [5.74, 6) is -0.0544. The Kier molecular flexibility index (Phi) is 5.05. The molecule has 0 spiro atoms. The molecule has 0 aliphatic carbocycles. The van der Waals surface area contributed by atoms with Gasteiger partial charge in [-0.05, 0) is 55.5 Å². The van der Waals surface area contributed by atoms with E-state index in [-0.39, 0.29) is 11.9 Å². The second-order valence-electron chi connectivity index (χ2n) is 6.92. The second kappa shape index (κ2) is 7.62. The molecule has 0 fully saturated rings. The van der Waals surface area contributed by atoms with E-state index in [1.54, 1.807) is 23.7 Å². The van der Waals surface area contributed by atoms with Crippen molar-refractivity contribution < 1.29 is 4.79 Å². The lowest BCUT2D eigenvalue weighted by atomic mass is 10.1. The highest BCUT2D eigenvalue weighted by Gasteiger charge is 2.23. The van der Waals surface area contributed by atoms with Gasteiger partial charge in [0, 0.05) is 42.0 Å². The van der Waals surface area contributed by atoms with Crippen LogP contribution in [0.2, 0.25) is 0 Å². The van der Waals surface area contributed by atoms with E-state index >= 15 is 0 Å². The van der Waals surface area contributed by atoms with Crippen LogP contribution in [0.15, 0.2) is 36.8 Å². The first-order chi connectivity index (χ1) is 13.2. The maximum atomic E-state index is 12.9. The Bertz CT molecular complexity index is 947. The fourth-order valence-electron chi connectivity index (χ4n) is 3.57. The van der Waals surface area contributed by atoms with Crippen LogP contribution in [0.4, 0.5) is 0 Å². The van der Waals surface area contributed by atoms with E-state index in [1.165, 1.54) is 4.88 Å².